The summed E-state index contributed by atoms with van der Waals surface area (Å²) >= 11 is 0. The number of hydrogen-bond donors (Lipinski definition) is 1. The van der Waals surface area contributed by atoms with Gasteiger partial charge in [-0.2, -0.15) is 13.2 Å². The van der Waals surface area contributed by atoms with Crippen LogP contribution in [0.1, 0.15) is 36.9 Å². The van der Waals surface area contributed by atoms with Gasteiger partial charge < -0.3 is 5.73 Å². The van der Waals surface area contributed by atoms with E-state index in [4.69, 9.17) is 5.73 Å². The third-order valence-electron chi connectivity index (χ3n) is 3.98. The van der Waals surface area contributed by atoms with Crippen LogP contribution in [0.5, 0.6) is 0 Å². The number of nitrogens with zero attached hydrogens (tertiary/aromatic N) is 1. The van der Waals surface area contributed by atoms with Crippen molar-refractivity contribution in [1.29, 1.82) is 0 Å². The van der Waals surface area contributed by atoms with Crippen LogP contribution in [-0.2, 0) is 6.18 Å². The largest absolute Gasteiger partial charge is 0.416 e. The van der Waals surface area contributed by atoms with Crippen LogP contribution in [0.2, 0.25) is 0 Å². The smallest absolute Gasteiger partial charge is 0.329 e. The van der Waals surface area contributed by atoms with Crippen molar-refractivity contribution in [3.05, 3.63) is 35.4 Å². The minimum Gasteiger partial charge on any atom is -0.329 e. The normalized spacial score (nSPS) is 22.8. The van der Waals surface area contributed by atoms with Gasteiger partial charge in [0.15, 0.2) is 0 Å². The van der Waals surface area contributed by atoms with Gasteiger partial charge in [-0.15, -0.1) is 0 Å². The molecule has 2 rings (SSSR count). The molecule has 0 bridgehead atoms. The maximum absolute atomic E-state index is 13.1. The van der Waals surface area contributed by atoms with Gasteiger partial charge in [0.05, 0.1) is 5.56 Å². The summed E-state index contributed by atoms with van der Waals surface area (Å²) in [4.78, 5) is 2.10. The van der Waals surface area contributed by atoms with Gasteiger partial charge >= 0.3 is 6.18 Å². The molecule has 112 valence electrons. The first-order valence-electron chi connectivity index (χ1n) is 7.03. The van der Waals surface area contributed by atoms with Crippen molar-refractivity contribution in [2.24, 2.45) is 11.7 Å². The Morgan fingerprint density at radius 3 is 2.65 bits per heavy atom. The van der Waals surface area contributed by atoms with Crippen molar-refractivity contribution in [3.63, 3.8) is 0 Å². The van der Waals surface area contributed by atoms with E-state index in [9.17, 15) is 13.2 Å². The van der Waals surface area contributed by atoms with E-state index in [2.05, 4.69) is 11.8 Å². The lowest BCUT2D eigenvalue weighted by Crippen LogP contribution is -2.41. The number of likely N-dealkylation sites (tertiary alicyclic amines) is 1. The topological polar surface area (TPSA) is 29.3 Å². The lowest BCUT2D eigenvalue weighted by atomic mass is 9.93. The Kier molecular flexibility index (Phi) is 4.70. The fourth-order valence-corrected chi connectivity index (χ4v) is 3.03. The highest BCUT2D eigenvalue weighted by Crippen LogP contribution is 2.37. The second kappa shape index (κ2) is 6.14. The Hall–Kier alpha value is -1.07. The molecule has 2 N–H and O–H groups in total. The van der Waals surface area contributed by atoms with Crippen LogP contribution in [0.25, 0.3) is 0 Å². The fraction of sp³-hybridized carbons (Fsp3) is 0.600. The average molecular weight is 286 g/mol. The Labute approximate surface area is 117 Å². The van der Waals surface area contributed by atoms with Gasteiger partial charge in [0.1, 0.15) is 0 Å². The highest BCUT2D eigenvalue weighted by Gasteiger charge is 2.36. The molecule has 0 unspecified atom stereocenters. The molecule has 1 fully saturated rings. The first-order chi connectivity index (χ1) is 9.43. The molecule has 1 heterocycles. The zero-order valence-electron chi connectivity index (χ0n) is 11.7. The molecular formula is C15H21F3N2. The van der Waals surface area contributed by atoms with Gasteiger partial charge in [-0.3, -0.25) is 4.90 Å². The van der Waals surface area contributed by atoms with Crippen molar-refractivity contribution >= 4 is 0 Å². The van der Waals surface area contributed by atoms with E-state index in [0.717, 1.165) is 32.0 Å². The molecule has 1 aliphatic rings. The van der Waals surface area contributed by atoms with Crippen LogP contribution < -0.4 is 5.73 Å². The van der Waals surface area contributed by atoms with Crippen LogP contribution in [0.4, 0.5) is 13.2 Å². The number of alkyl halides is 3. The van der Waals surface area contributed by atoms with Crippen LogP contribution >= 0.6 is 0 Å². The third kappa shape index (κ3) is 3.33. The lowest BCUT2D eigenvalue weighted by molar-refractivity contribution is -0.138. The van der Waals surface area contributed by atoms with Crippen molar-refractivity contribution in [3.8, 4) is 0 Å². The van der Waals surface area contributed by atoms with Crippen molar-refractivity contribution < 1.29 is 13.2 Å². The molecule has 1 aromatic carbocycles. The molecule has 0 saturated carbocycles. The summed E-state index contributed by atoms with van der Waals surface area (Å²) in [7, 11) is 0. The van der Waals surface area contributed by atoms with E-state index < -0.39 is 11.7 Å². The quantitative estimate of drug-likeness (QED) is 0.922. The Morgan fingerprint density at radius 2 is 2.05 bits per heavy atom. The average Bonchev–Trinajstić information content (AvgIpc) is 2.39. The molecule has 1 aromatic rings. The minimum atomic E-state index is -4.33. The molecule has 20 heavy (non-hydrogen) atoms. The number of rotatable bonds is 3. The fourth-order valence-electron chi connectivity index (χ4n) is 3.03. The number of nitrogens with two attached hydrogens (primary N) is 1. The van der Waals surface area contributed by atoms with Crippen molar-refractivity contribution in [2.45, 2.75) is 32.0 Å². The van der Waals surface area contributed by atoms with E-state index in [0.29, 0.717) is 11.5 Å². The molecular weight excluding hydrogens is 265 g/mol. The van der Waals surface area contributed by atoms with E-state index in [1.807, 2.05) is 0 Å². The molecule has 2 nitrogen and oxygen atoms in total. The van der Waals surface area contributed by atoms with Gasteiger partial charge in [-0.1, -0.05) is 25.1 Å². The molecule has 2 atom stereocenters. The SMILES string of the molecule is C[C@H]1CCCN([C@@H](CN)c2ccccc2C(F)(F)F)C1. The molecule has 0 aromatic heterocycles. The summed E-state index contributed by atoms with van der Waals surface area (Å²) < 4.78 is 39.4. The summed E-state index contributed by atoms with van der Waals surface area (Å²) in [5, 5.41) is 0. The van der Waals surface area contributed by atoms with E-state index >= 15 is 0 Å². The first kappa shape index (κ1) is 15.3. The maximum Gasteiger partial charge on any atom is 0.416 e. The number of benzene rings is 1. The highest BCUT2D eigenvalue weighted by atomic mass is 19.4. The van der Waals surface area contributed by atoms with Crippen molar-refractivity contribution in [1.82, 2.24) is 4.90 Å². The monoisotopic (exact) mass is 286 g/mol. The van der Waals surface area contributed by atoms with Gasteiger partial charge in [0, 0.05) is 19.1 Å². The molecule has 0 radical (unpaired) electrons. The molecule has 0 amide bonds. The number of halogens is 3. The molecule has 5 heteroatoms. The molecule has 0 spiro atoms. The molecule has 0 aliphatic carbocycles. The number of hydrogen-bond acceptors (Lipinski definition) is 2. The zero-order chi connectivity index (χ0) is 14.8. The van der Waals surface area contributed by atoms with Gasteiger partial charge in [-0.05, 0) is 36.9 Å². The van der Waals surface area contributed by atoms with Gasteiger partial charge in [0.2, 0.25) is 0 Å². The van der Waals surface area contributed by atoms with Gasteiger partial charge in [0.25, 0.3) is 0 Å². The summed E-state index contributed by atoms with van der Waals surface area (Å²) in [6.07, 6.45) is -2.17. The van der Waals surface area contributed by atoms with E-state index in [1.54, 1.807) is 12.1 Å². The predicted molar refractivity (Wildman–Crippen MR) is 73.2 cm³/mol. The Balaban J connectivity index is 2.32. The van der Waals surface area contributed by atoms with Crippen LogP contribution in [0.15, 0.2) is 24.3 Å². The second-order valence-electron chi connectivity index (χ2n) is 5.58. The van der Waals surface area contributed by atoms with E-state index in [1.165, 1.54) is 6.07 Å². The van der Waals surface area contributed by atoms with Crippen LogP contribution in [0.3, 0.4) is 0 Å². The van der Waals surface area contributed by atoms with Gasteiger partial charge in [-0.25, -0.2) is 0 Å². The summed E-state index contributed by atoms with van der Waals surface area (Å²) in [5.41, 5.74) is 5.53. The van der Waals surface area contributed by atoms with Crippen LogP contribution in [0, 0.1) is 5.92 Å². The maximum atomic E-state index is 13.1. The highest BCUT2D eigenvalue weighted by molar-refractivity contribution is 5.32. The summed E-state index contributed by atoms with van der Waals surface area (Å²) in [6, 6.07) is 5.43. The molecule has 1 saturated heterocycles. The second-order valence-corrected chi connectivity index (χ2v) is 5.58. The number of piperidine rings is 1. The Bertz CT molecular complexity index is 445. The zero-order valence-corrected chi connectivity index (χ0v) is 11.7. The lowest BCUT2D eigenvalue weighted by Gasteiger charge is -2.37. The predicted octanol–water partition coefficient (Wildman–Crippen LogP) is 3.44. The molecule has 1 aliphatic heterocycles. The van der Waals surface area contributed by atoms with Crippen molar-refractivity contribution in [2.75, 3.05) is 19.6 Å². The first-order valence-corrected chi connectivity index (χ1v) is 7.03. The van der Waals surface area contributed by atoms with Crippen LogP contribution in [-0.4, -0.2) is 24.5 Å². The minimum absolute atomic E-state index is 0.208. The Morgan fingerprint density at radius 1 is 1.35 bits per heavy atom. The third-order valence-corrected chi connectivity index (χ3v) is 3.98. The standard InChI is InChI=1S/C15H21F3N2/c1-11-5-4-8-20(10-11)14(9-19)12-6-2-3-7-13(12)15(16,17)18/h2-3,6-7,11,14H,4-5,8-10,19H2,1H3/t11-,14-/m0/s1. The summed E-state index contributed by atoms with van der Waals surface area (Å²) in [6.45, 7) is 3.97. The van der Waals surface area contributed by atoms with E-state index in [-0.39, 0.29) is 12.6 Å². The summed E-state index contributed by atoms with van der Waals surface area (Å²) in [5.74, 6) is 0.510.